The van der Waals surface area contributed by atoms with E-state index in [4.69, 9.17) is 8.94 Å². The quantitative estimate of drug-likeness (QED) is 0.876. The van der Waals surface area contributed by atoms with Gasteiger partial charge in [0, 0.05) is 6.07 Å². The van der Waals surface area contributed by atoms with Crippen molar-refractivity contribution in [1.29, 1.82) is 0 Å². The van der Waals surface area contributed by atoms with Crippen molar-refractivity contribution in [2.75, 3.05) is 5.32 Å². The molecule has 2 rings (SSSR count). The average molecular weight is 249 g/mol. The molecule has 2 aromatic heterocycles. The van der Waals surface area contributed by atoms with Crippen molar-refractivity contribution < 1.29 is 13.7 Å². The number of urea groups is 1. The number of furan rings is 1. The first-order chi connectivity index (χ1) is 8.54. The fraction of sp³-hybridized carbons (Fsp3) is 0.333. The Morgan fingerprint density at radius 1 is 1.33 bits per heavy atom. The minimum Gasteiger partial charge on any atom is -0.464 e. The molecule has 0 aliphatic carbocycles. The summed E-state index contributed by atoms with van der Waals surface area (Å²) in [4.78, 5) is 11.7. The van der Waals surface area contributed by atoms with E-state index < -0.39 is 0 Å². The third-order valence-corrected chi connectivity index (χ3v) is 2.41. The number of nitrogens with one attached hydrogen (secondary N) is 2. The molecule has 18 heavy (non-hydrogen) atoms. The molecule has 2 heterocycles. The standard InChI is InChI=1S/C12H15N3O3/c1-7-4-5-10(17-7)9(3)13-12(16)14-11-6-8(2)18-15-11/h4-6,9H,1-3H3,(H2,13,14,15,16)/t9-/m0/s1. The fourth-order valence-corrected chi connectivity index (χ4v) is 1.53. The lowest BCUT2D eigenvalue weighted by molar-refractivity contribution is 0.247. The Hall–Kier alpha value is -2.24. The van der Waals surface area contributed by atoms with Crippen molar-refractivity contribution in [3.8, 4) is 0 Å². The summed E-state index contributed by atoms with van der Waals surface area (Å²) < 4.78 is 10.3. The summed E-state index contributed by atoms with van der Waals surface area (Å²) in [6.45, 7) is 5.45. The monoisotopic (exact) mass is 249 g/mol. The number of hydrogen-bond donors (Lipinski definition) is 2. The minimum absolute atomic E-state index is 0.216. The lowest BCUT2D eigenvalue weighted by atomic mass is 10.2. The van der Waals surface area contributed by atoms with E-state index in [1.807, 2.05) is 26.0 Å². The highest BCUT2D eigenvalue weighted by atomic mass is 16.5. The van der Waals surface area contributed by atoms with Gasteiger partial charge in [0.1, 0.15) is 17.3 Å². The number of hydrogen-bond acceptors (Lipinski definition) is 4. The summed E-state index contributed by atoms with van der Waals surface area (Å²) in [6.07, 6.45) is 0. The topological polar surface area (TPSA) is 80.3 Å². The van der Waals surface area contributed by atoms with Gasteiger partial charge in [0.15, 0.2) is 5.82 Å². The molecule has 2 aromatic rings. The largest absolute Gasteiger partial charge is 0.464 e. The molecule has 0 radical (unpaired) electrons. The molecule has 2 amide bonds. The van der Waals surface area contributed by atoms with E-state index in [2.05, 4.69) is 15.8 Å². The molecule has 2 N–H and O–H groups in total. The molecule has 6 heteroatoms. The normalized spacial score (nSPS) is 12.2. The van der Waals surface area contributed by atoms with Crippen LogP contribution in [0.5, 0.6) is 0 Å². The number of amides is 2. The summed E-state index contributed by atoms with van der Waals surface area (Å²) >= 11 is 0. The molecule has 0 bridgehead atoms. The second-order valence-electron chi connectivity index (χ2n) is 4.09. The molecule has 96 valence electrons. The van der Waals surface area contributed by atoms with Crippen LogP contribution in [0.4, 0.5) is 10.6 Å². The number of anilines is 1. The number of rotatable bonds is 3. The molecule has 0 aromatic carbocycles. The fourth-order valence-electron chi connectivity index (χ4n) is 1.53. The Bertz CT molecular complexity index is 544. The molecular formula is C12H15N3O3. The van der Waals surface area contributed by atoms with Crippen LogP contribution in [-0.2, 0) is 0 Å². The lowest BCUT2D eigenvalue weighted by Gasteiger charge is -2.11. The number of aromatic nitrogens is 1. The Labute approximate surface area is 104 Å². The van der Waals surface area contributed by atoms with Gasteiger partial charge in [-0.1, -0.05) is 5.16 Å². The number of carbonyl (C=O) groups excluding carboxylic acids is 1. The maximum Gasteiger partial charge on any atom is 0.321 e. The van der Waals surface area contributed by atoms with E-state index in [1.165, 1.54) is 0 Å². The average Bonchev–Trinajstić information content (AvgIpc) is 2.87. The van der Waals surface area contributed by atoms with Gasteiger partial charge in [0.2, 0.25) is 0 Å². The molecule has 1 atom stereocenters. The second kappa shape index (κ2) is 4.95. The van der Waals surface area contributed by atoms with Gasteiger partial charge in [-0.25, -0.2) is 4.79 Å². The van der Waals surface area contributed by atoms with E-state index >= 15 is 0 Å². The summed E-state index contributed by atoms with van der Waals surface area (Å²) in [5, 5.41) is 8.98. The van der Waals surface area contributed by atoms with Crippen molar-refractivity contribution in [3.63, 3.8) is 0 Å². The van der Waals surface area contributed by atoms with E-state index in [0.717, 1.165) is 5.76 Å². The van der Waals surface area contributed by atoms with Crippen LogP contribution in [0.2, 0.25) is 0 Å². The van der Waals surface area contributed by atoms with Crippen LogP contribution in [0.3, 0.4) is 0 Å². The highest BCUT2D eigenvalue weighted by Gasteiger charge is 2.13. The molecule has 0 saturated carbocycles. The summed E-state index contributed by atoms with van der Waals surface area (Å²) in [5.74, 6) is 2.54. The summed E-state index contributed by atoms with van der Waals surface area (Å²) in [5.41, 5.74) is 0. The molecular weight excluding hydrogens is 234 g/mol. The zero-order valence-electron chi connectivity index (χ0n) is 10.5. The molecule has 0 saturated heterocycles. The van der Waals surface area contributed by atoms with Crippen LogP contribution in [0.25, 0.3) is 0 Å². The van der Waals surface area contributed by atoms with Crippen molar-refractivity contribution in [2.24, 2.45) is 0 Å². The van der Waals surface area contributed by atoms with Crippen LogP contribution in [-0.4, -0.2) is 11.2 Å². The van der Waals surface area contributed by atoms with Gasteiger partial charge in [0.05, 0.1) is 6.04 Å². The Kier molecular flexibility index (Phi) is 3.36. The van der Waals surface area contributed by atoms with Gasteiger partial charge in [-0.05, 0) is 32.9 Å². The van der Waals surface area contributed by atoms with E-state index in [1.54, 1.807) is 13.0 Å². The van der Waals surface area contributed by atoms with Crippen LogP contribution >= 0.6 is 0 Å². The third-order valence-electron chi connectivity index (χ3n) is 2.41. The first-order valence-corrected chi connectivity index (χ1v) is 5.62. The van der Waals surface area contributed by atoms with Crippen LogP contribution < -0.4 is 10.6 Å². The van der Waals surface area contributed by atoms with Gasteiger partial charge < -0.3 is 14.3 Å². The predicted octanol–water partition coefficient (Wildman–Crippen LogP) is 2.77. The smallest absolute Gasteiger partial charge is 0.321 e. The van der Waals surface area contributed by atoms with Crippen molar-refractivity contribution in [3.05, 3.63) is 35.5 Å². The van der Waals surface area contributed by atoms with Crippen LogP contribution in [0.1, 0.15) is 30.2 Å². The number of aryl methyl sites for hydroxylation is 2. The highest BCUT2D eigenvalue weighted by molar-refractivity contribution is 5.88. The lowest BCUT2D eigenvalue weighted by Crippen LogP contribution is -2.31. The Morgan fingerprint density at radius 2 is 2.11 bits per heavy atom. The first-order valence-electron chi connectivity index (χ1n) is 5.62. The molecule has 0 spiro atoms. The van der Waals surface area contributed by atoms with Crippen molar-refractivity contribution in [1.82, 2.24) is 10.5 Å². The van der Waals surface area contributed by atoms with Crippen LogP contribution in [0, 0.1) is 13.8 Å². The van der Waals surface area contributed by atoms with Gasteiger partial charge in [-0.2, -0.15) is 0 Å². The van der Waals surface area contributed by atoms with Crippen molar-refractivity contribution in [2.45, 2.75) is 26.8 Å². The maximum atomic E-state index is 11.7. The van der Waals surface area contributed by atoms with E-state index in [0.29, 0.717) is 17.3 Å². The zero-order chi connectivity index (χ0) is 13.1. The Morgan fingerprint density at radius 3 is 2.67 bits per heavy atom. The van der Waals surface area contributed by atoms with Gasteiger partial charge in [-0.15, -0.1) is 0 Å². The number of nitrogens with zero attached hydrogens (tertiary/aromatic N) is 1. The first kappa shape index (κ1) is 12.2. The zero-order valence-corrected chi connectivity index (χ0v) is 10.5. The van der Waals surface area contributed by atoms with Gasteiger partial charge in [-0.3, -0.25) is 5.32 Å². The van der Waals surface area contributed by atoms with Crippen molar-refractivity contribution >= 4 is 11.8 Å². The predicted molar refractivity (Wildman–Crippen MR) is 65.3 cm³/mol. The maximum absolute atomic E-state index is 11.7. The molecule has 0 fully saturated rings. The number of carbonyl (C=O) groups is 1. The summed E-state index contributed by atoms with van der Waals surface area (Å²) in [7, 11) is 0. The highest BCUT2D eigenvalue weighted by Crippen LogP contribution is 2.15. The minimum atomic E-state index is -0.357. The molecule has 0 unspecified atom stereocenters. The van der Waals surface area contributed by atoms with Crippen LogP contribution in [0.15, 0.2) is 27.1 Å². The Balaban J connectivity index is 1.91. The molecule has 0 aliphatic heterocycles. The SMILES string of the molecule is Cc1cc(NC(=O)N[C@@H](C)c2ccc(C)o2)no1. The molecule has 6 nitrogen and oxygen atoms in total. The second-order valence-corrected chi connectivity index (χ2v) is 4.09. The van der Waals surface area contributed by atoms with E-state index in [-0.39, 0.29) is 12.1 Å². The van der Waals surface area contributed by atoms with Gasteiger partial charge >= 0.3 is 6.03 Å². The van der Waals surface area contributed by atoms with E-state index in [9.17, 15) is 4.79 Å². The summed E-state index contributed by atoms with van der Waals surface area (Å²) in [6, 6.07) is 4.75. The van der Waals surface area contributed by atoms with Gasteiger partial charge in [0.25, 0.3) is 0 Å². The molecule has 0 aliphatic rings. The third kappa shape index (κ3) is 2.91.